The fourth-order valence-electron chi connectivity index (χ4n) is 1.73. The lowest BCUT2D eigenvalue weighted by molar-refractivity contribution is -0.147. The van der Waals surface area contributed by atoms with Crippen LogP contribution in [0, 0.1) is 0 Å². The highest BCUT2D eigenvalue weighted by molar-refractivity contribution is 5.76. The Morgan fingerprint density at radius 3 is 2.81 bits per heavy atom. The van der Waals surface area contributed by atoms with Gasteiger partial charge < -0.3 is 15.2 Å². The van der Waals surface area contributed by atoms with Crippen molar-refractivity contribution in [3.63, 3.8) is 0 Å². The average Bonchev–Trinajstić information content (AvgIpc) is 2.74. The molecule has 0 radical (unpaired) electrons. The second-order valence-corrected chi connectivity index (χ2v) is 3.94. The number of rotatable bonds is 3. The molecular formula is C12H15NO3. The smallest absolute Gasteiger partial charge is 0.323 e. The molecule has 0 aromatic heterocycles. The highest BCUT2D eigenvalue weighted by Gasteiger charge is 2.29. The number of benzene rings is 1. The van der Waals surface area contributed by atoms with Crippen molar-refractivity contribution in [1.82, 2.24) is 5.32 Å². The van der Waals surface area contributed by atoms with Crippen molar-refractivity contribution in [2.24, 2.45) is 0 Å². The van der Waals surface area contributed by atoms with E-state index in [2.05, 4.69) is 5.32 Å². The lowest BCUT2D eigenvalue weighted by Gasteiger charge is -2.10. The normalized spacial score (nSPS) is 24.3. The number of carbonyl (C=O) groups excluding carboxylic acids is 1. The monoisotopic (exact) mass is 221 g/mol. The standard InChI is InChI=1S/C12H15NO3/c14-10-6-11(13-7-10)12(15)16-8-9-4-2-1-3-5-9/h1-5,10-11,13-14H,6-8H2/t10?,11-/m0/s1. The van der Waals surface area contributed by atoms with E-state index in [1.165, 1.54) is 0 Å². The van der Waals surface area contributed by atoms with Crippen molar-refractivity contribution in [2.75, 3.05) is 6.54 Å². The van der Waals surface area contributed by atoms with Gasteiger partial charge in [0.1, 0.15) is 12.6 Å². The van der Waals surface area contributed by atoms with E-state index in [-0.39, 0.29) is 18.6 Å². The van der Waals surface area contributed by atoms with Crippen LogP contribution < -0.4 is 5.32 Å². The van der Waals surface area contributed by atoms with Crippen molar-refractivity contribution in [1.29, 1.82) is 0 Å². The van der Waals surface area contributed by atoms with Crippen molar-refractivity contribution < 1.29 is 14.6 Å². The second-order valence-electron chi connectivity index (χ2n) is 3.94. The molecule has 0 amide bonds. The SMILES string of the molecule is O=C(OCc1ccccc1)[C@@H]1CC(O)CN1. The molecule has 1 heterocycles. The number of nitrogens with one attached hydrogen (secondary N) is 1. The summed E-state index contributed by atoms with van der Waals surface area (Å²) >= 11 is 0. The first-order chi connectivity index (χ1) is 7.75. The zero-order chi connectivity index (χ0) is 11.4. The van der Waals surface area contributed by atoms with Crippen LogP contribution in [0.5, 0.6) is 0 Å². The van der Waals surface area contributed by atoms with E-state index in [0.717, 1.165) is 5.56 Å². The molecule has 1 aliphatic rings. The van der Waals surface area contributed by atoms with Crippen LogP contribution in [-0.2, 0) is 16.1 Å². The topological polar surface area (TPSA) is 58.6 Å². The highest BCUT2D eigenvalue weighted by Crippen LogP contribution is 2.09. The van der Waals surface area contributed by atoms with Crippen LogP contribution in [0.4, 0.5) is 0 Å². The van der Waals surface area contributed by atoms with Gasteiger partial charge in [-0.3, -0.25) is 4.79 Å². The predicted octanol–water partition coefficient (Wildman–Crippen LogP) is 0.453. The van der Waals surface area contributed by atoms with Gasteiger partial charge in [-0.25, -0.2) is 0 Å². The third kappa shape index (κ3) is 2.81. The van der Waals surface area contributed by atoms with Gasteiger partial charge in [-0.05, 0) is 5.56 Å². The Morgan fingerprint density at radius 1 is 1.44 bits per heavy atom. The number of β-amino-alcohol motifs (C(OH)–C–C–N with tert-alkyl or cyclic N) is 1. The minimum Gasteiger partial charge on any atom is -0.460 e. The number of carbonyl (C=O) groups is 1. The van der Waals surface area contributed by atoms with E-state index in [1.807, 2.05) is 30.3 Å². The van der Waals surface area contributed by atoms with E-state index < -0.39 is 6.10 Å². The summed E-state index contributed by atoms with van der Waals surface area (Å²) in [5.74, 6) is -0.291. The van der Waals surface area contributed by atoms with E-state index in [0.29, 0.717) is 13.0 Å². The van der Waals surface area contributed by atoms with Crippen LogP contribution in [0.15, 0.2) is 30.3 Å². The number of ether oxygens (including phenoxy) is 1. The molecular weight excluding hydrogens is 206 g/mol. The number of hydrogen-bond acceptors (Lipinski definition) is 4. The predicted molar refractivity (Wildman–Crippen MR) is 58.7 cm³/mol. The van der Waals surface area contributed by atoms with Gasteiger partial charge in [-0.15, -0.1) is 0 Å². The summed E-state index contributed by atoms with van der Waals surface area (Å²) in [5, 5.41) is 12.2. The fraction of sp³-hybridized carbons (Fsp3) is 0.417. The number of esters is 1. The Kier molecular flexibility index (Phi) is 3.54. The van der Waals surface area contributed by atoms with E-state index in [4.69, 9.17) is 4.74 Å². The number of hydrogen-bond donors (Lipinski definition) is 2. The van der Waals surface area contributed by atoms with Gasteiger partial charge in [0.25, 0.3) is 0 Å². The molecule has 1 unspecified atom stereocenters. The largest absolute Gasteiger partial charge is 0.460 e. The molecule has 2 N–H and O–H groups in total. The summed E-state index contributed by atoms with van der Waals surface area (Å²) in [6.45, 7) is 0.749. The molecule has 1 fully saturated rings. The Bertz CT molecular complexity index is 353. The molecule has 0 bridgehead atoms. The van der Waals surface area contributed by atoms with Crippen LogP contribution in [-0.4, -0.2) is 29.8 Å². The molecule has 0 aliphatic carbocycles. The van der Waals surface area contributed by atoms with E-state index >= 15 is 0 Å². The third-order valence-corrected chi connectivity index (χ3v) is 2.62. The summed E-state index contributed by atoms with van der Waals surface area (Å²) in [6, 6.07) is 9.18. The molecule has 4 heteroatoms. The zero-order valence-corrected chi connectivity index (χ0v) is 8.93. The van der Waals surface area contributed by atoms with Crippen molar-refractivity contribution in [2.45, 2.75) is 25.2 Å². The Balaban J connectivity index is 1.80. The third-order valence-electron chi connectivity index (χ3n) is 2.62. The summed E-state index contributed by atoms with van der Waals surface area (Å²) in [4.78, 5) is 11.6. The fourth-order valence-corrected chi connectivity index (χ4v) is 1.73. The lowest BCUT2D eigenvalue weighted by atomic mass is 10.2. The van der Waals surface area contributed by atoms with Crippen LogP contribution in [0.2, 0.25) is 0 Å². The first kappa shape index (κ1) is 11.1. The van der Waals surface area contributed by atoms with Gasteiger partial charge in [-0.2, -0.15) is 0 Å². The maximum Gasteiger partial charge on any atom is 0.323 e. The Hall–Kier alpha value is -1.39. The average molecular weight is 221 g/mol. The summed E-state index contributed by atoms with van der Waals surface area (Å²) < 4.78 is 5.15. The zero-order valence-electron chi connectivity index (χ0n) is 8.93. The van der Waals surface area contributed by atoms with E-state index in [1.54, 1.807) is 0 Å². The van der Waals surface area contributed by atoms with Gasteiger partial charge in [0, 0.05) is 13.0 Å². The maximum absolute atomic E-state index is 11.6. The van der Waals surface area contributed by atoms with Crippen molar-refractivity contribution in [3.8, 4) is 0 Å². The van der Waals surface area contributed by atoms with E-state index in [9.17, 15) is 9.90 Å². The second kappa shape index (κ2) is 5.09. The van der Waals surface area contributed by atoms with Crippen molar-refractivity contribution in [3.05, 3.63) is 35.9 Å². The molecule has 0 saturated carbocycles. The first-order valence-corrected chi connectivity index (χ1v) is 5.38. The maximum atomic E-state index is 11.6. The molecule has 2 atom stereocenters. The molecule has 2 rings (SSSR count). The molecule has 1 saturated heterocycles. The number of aliphatic hydroxyl groups excluding tert-OH is 1. The molecule has 1 aliphatic heterocycles. The molecule has 1 aromatic rings. The minimum absolute atomic E-state index is 0.286. The van der Waals surface area contributed by atoms with Gasteiger partial charge in [0.15, 0.2) is 0 Å². The van der Waals surface area contributed by atoms with Crippen LogP contribution in [0.1, 0.15) is 12.0 Å². The molecule has 86 valence electrons. The molecule has 16 heavy (non-hydrogen) atoms. The van der Waals surface area contributed by atoms with Crippen LogP contribution >= 0.6 is 0 Å². The molecule has 4 nitrogen and oxygen atoms in total. The molecule has 0 spiro atoms. The van der Waals surface area contributed by atoms with Gasteiger partial charge in [-0.1, -0.05) is 30.3 Å². The number of aliphatic hydroxyl groups is 1. The quantitative estimate of drug-likeness (QED) is 0.728. The summed E-state index contributed by atoms with van der Waals surface area (Å²) in [6.07, 6.45) is 0.00226. The van der Waals surface area contributed by atoms with Crippen LogP contribution in [0.25, 0.3) is 0 Å². The summed E-state index contributed by atoms with van der Waals surface area (Å²) in [5.41, 5.74) is 0.967. The first-order valence-electron chi connectivity index (χ1n) is 5.38. The lowest BCUT2D eigenvalue weighted by Crippen LogP contribution is -2.32. The summed E-state index contributed by atoms with van der Waals surface area (Å²) in [7, 11) is 0. The van der Waals surface area contributed by atoms with Gasteiger partial charge in [0.05, 0.1) is 6.10 Å². The van der Waals surface area contributed by atoms with Crippen molar-refractivity contribution >= 4 is 5.97 Å². The Labute approximate surface area is 94.2 Å². The highest BCUT2D eigenvalue weighted by atomic mass is 16.5. The minimum atomic E-state index is -0.436. The van der Waals surface area contributed by atoms with Crippen LogP contribution in [0.3, 0.4) is 0 Å². The van der Waals surface area contributed by atoms with Gasteiger partial charge in [0.2, 0.25) is 0 Å². The molecule has 1 aromatic carbocycles. The van der Waals surface area contributed by atoms with Gasteiger partial charge >= 0.3 is 5.97 Å². The Morgan fingerprint density at radius 2 is 2.19 bits per heavy atom.